The van der Waals surface area contributed by atoms with Gasteiger partial charge >= 0.3 is 12.3 Å². The number of halogens is 3. The predicted octanol–water partition coefficient (Wildman–Crippen LogP) is 5.52. The maximum Gasteiger partial charge on any atom is 0.573 e. The molecule has 0 radical (unpaired) electrons. The molecular formula is C23H25F3N2O4. The van der Waals surface area contributed by atoms with Crippen LogP contribution in [0, 0.1) is 0 Å². The second kappa shape index (κ2) is 9.50. The SMILES string of the molecule is CC[C@@H](C)n1c(Cc2ccc(OC(F)(F)F)cc2)nc2cc(CCC(=O)O)c(OC)cc21. The van der Waals surface area contributed by atoms with E-state index >= 15 is 0 Å². The molecule has 0 aliphatic heterocycles. The van der Waals surface area contributed by atoms with Crippen molar-refractivity contribution in [2.75, 3.05) is 7.11 Å². The van der Waals surface area contributed by atoms with E-state index in [-0.39, 0.29) is 18.2 Å². The highest BCUT2D eigenvalue weighted by molar-refractivity contribution is 5.80. The van der Waals surface area contributed by atoms with Crippen LogP contribution in [0.2, 0.25) is 0 Å². The third-order valence-electron chi connectivity index (χ3n) is 5.32. The van der Waals surface area contributed by atoms with E-state index in [9.17, 15) is 18.0 Å². The van der Waals surface area contributed by atoms with Gasteiger partial charge in [0.05, 0.1) is 18.1 Å². The number of carbonyl (C=O) groups is 1. The van der Waals surface area contributed by atoms with Gasteiger partial charge in [-0.3, -0.25) is 4.79 Å². The molecule has 6 nitrogen and oxygen atoms in total. The van der Waals surface area contributed by atoms with Gasteiger partial charge in [0.1, 0.15) is 17.3 Å². The fourth-order valence-corrected chi connectivity index (χ4v) is 3.63. The Morgan fingerprint density at radius 1 is 1.22 bits per heavy atom. The van der Waals surface area contributed by atoms with E-state index in [1.165, 1.54) is 12.1 Å². The molecule has 2 aromatic carbocycles. The average Bonchev–Trinajstić information content (AvgIpc) is 3.07. The minimum Gasteiger partial charge on any atom is -0.496 e. The fraction of sp³-hybridized carbons (Fsp3) is 0.391. The Morgan fingerprint density at radius 3 is 2.47 bits per heavy atom. The van der Waals surface area contributed by atoms with Crippen molar-refractivity contribution in [1.29, 1.82) is 0 Å². The molecule has 0 saturated heterocycles. The Bertz CT molecular complexity index is 1090. The van der Waals surface area contributed by atoms with Crippen LogP contribution in [0.1, 0.15) is 49.7 Å². The van der Waals surface area contributed by atoms with Gasteiger partial charge in [-0.1, -0.05) is 19.1 Å². The van der Waals surface area contributed by atoms with E-state index in [1.54, 1.807) is 19.2 Å². The number of fused-ring (bicyclic) bond motifs is 1. The van der Waals surface area contributed by atoms with Crippen molar-refractivity contribution in [3.63, 3.8) is 0 Å². The highest BCUT2D eigenvalue weighted by Gasteiger charge is 2.31. The molecule has 1 heterocycles. The van der Waals surface area contributed by atoms with Crippen LogP contribution in [0.3, 0.4) is 0 Å². The molecule has 0 aliphatic carbocycles. The second-order valence-corrected chi connectivity index (χ2v) is 7.57. The number of hydrogen-bond donors (Lipinski definition) is 1. The number of aromatic nitrogens is 2. The Kier molecular flexibility index (Phi) is 6.96. The summed E-state index contributed by atoms with van der Waals surface area (Å²) in [5.41, 5.74) is 3.13. The van der Waals surface area contributed by atoms with Crippen LogP contribution in [-0.4, -0.2) is 34.1 Å². The van der Waals surface area contributed by atoms with E-state index in [0.717, 1.165) is 34.4 Å². The highest BCUT2D eigenvalue weighted by Crippen LogP contribution is 2.31. The fourth-order valence-electron chi connectivity index (χ4n) is 3.63. The number of alkyl halides is 3. The molecule has 0 amide bonds. The molecule has 3 rings (SSSR count). The first-order valence-corrected chi connectivity index (χ1v) is 10.3. The van der Waals surface area contributed by atoms with Crippen molar-refractivity contribution < 1.29 is 32.5 Å². The Hall–Kier alpha value is -3.23. The largest absolute Gasteiger partial charge is 0.573 e. The van der Waals surface area contributed by atoms with Crippen LogP contribution >= 0.6 is 0 Å². The molecular weight excluding hydrogens is 425 g/mol. The number of aliphatic carboxylic acids is 1. The molecule has 32 heavy (non-hydrogen) atoms. The molecule has 3 aromatic rings. The van der Waals surface area contributed by atoms with E-state index in [1.807, 2.05) is 12.1 Å². The summed E-state index contributed by atoms with van der Waals surface area (Å²) in [6, 6.07) is 9.57. The summed E-state index contributed by atoms with van der Waals surface area (Å²) in [5, 5.41) is 9.02. The third kappa shape index (κ3) is 5.52. The van der Waals surface area contributed by atoms with Crippen LogP contribution in [0.25, 0.3) is 11.0 Å². The zero-order valence-corrected chi connectivity index (χ0v) is 18.1. The zero-order chi connectivity index (χ0) is 23.5. The van der Waals surface area contributed by atoms with Gasteiger partial charge < -0.3 is 19.1 Å². The molecule has 1 N–H and O–H groups in total. The molecule has 0 aliphatic rings. The van der Waals surface area contributed by atoms with Crippen LogP contribution in [0.15, 0.2) is 36.4 Å². The van der Waals surface area contributed by atoms with E-state index in [0.29, 0.717) is 18.6 Å². The second-order valence-electron chi connectivity index (χ2n) is 7.57. The lowest BCUT2D eigenvalue weighted by Crippen LogP contribution is -2.17. The summed E-state index contributed by atoms with van der Waals surface area (Å²) in [5.74, 6) is 0.195. The lowest BCUT2D eigenvalue weighted by Gasteiger charge is -2.17. The maximum absolute atomic E-state index is 12.4. The summed E-state index contributed by atoms with van der Waals surface area (Å²) in [7, 11) is 1.54. The number of ether oxygens (including phenoxy) is 2. The lowest BCUT2D eigenvalue weighted by molar-refractivity contribution is -0.274. The smallest absolute Gasteiger partial charge is 0.496 e. The Labute approximate surface area is 183 Å². The van der Waals surface area contributed by atoms with Crippen molar-refractivity contribution in [1.82, 2.24) is 9.55 Å². The number of imidazole rings is 1. The molecule has 1 aromatic heterocycles. The first-order valence-electron chi connectivity index (χ1n) is 10.3. The van der Waals surface area contributed by atoms with Crippen LogP contribution in [-0.2, 0) is 17.6 Å². The van der Waals surface area contributed by atoms with Crippen LogP contribution in [0.5, 0.6) is 11.5 Å². The molecule has 0 bridgehead atoms. The van der Waals surface area contributed by atoms with E-state index < -0.39 is 12.3 Å². The van der Waals surface area contributed by atoms with Gasteiger partial charge in [-0.25, -0.2) is 4.98 Å². The number of methoxy groups -OCH3 is 1. The van der Waals surface area contributed by atoms with Gasteiger partial charge in [0.15, 0.2) is 0 Å². The summed E-state index contributed by atoms with van der Waals surface area (Å²) < 4.78 is 48.7. The molecule has 0 unspecified atom stereocenters. The van der Waals surface area contributed by atoms with Gasteiger partial charge in [0.25, 0.3) is 0 Å². The van der Waals surface area contributed by atoms with Crippen molar-refractivity contribution in [2.24, 2.45) is 0 Å². The minimum atomic E-state index is -4.73. The summed E-state index contributed by atoms with van der Waals surface area (Å²) in [4.78, 5) is 15.8. The Balaban J connectivity index is 1.99. The minimum absolute atomic E-state index is 0.0207. The zero-order valence-electron chi connectivity index (χ0n) is 18.1. The van der Waals surface area contributed by atoms with Crippen molar-refractivity contribution in [3.8, 4) is 11.5 Å². The normalized spacial score (nSPS) is 12.7. The van der Waals surface area contributed by atoms with Gasteiger partial charge in [0, 0.05) is 24.9 Å². The molecule has 1 atom stereocenters. The Morgan fingerprint density at radius 2 is 1.91 bits per heavy atom. The number of carboxylic acid groups (broad SMARTS) is 1. The quantitative estimate of drug-likeness (QED) is 0.465. The molecule has 0 spiro atoms. The van der Waals surface area contributed by atoms with Crippen molar-refractivity contribution in [2.45, 2.75) is 51.9 Å². The maximum atomic E-state index is 12.4. The molecule has 9 heteroatoms. The van der Waals surface area contributed by atoms with Gasteiger partial charge in [-0.05, 0) is 49.1 Å². The standard InChI is InChI=1S/C23H25F3N2O4/c1-4-14(2)28-19-13-20(31-3)16(7-10-22(29)30)12-18(19)27-21(28)11-15-5-8-17(9-6-15)32-23(24,25)26/h5-6,8-9,12-14H,4,7,10-11H2,1-3H3,(H,29,30)/t14-/m1/s1. The molecule has 0 saturated carbocycles. The summed E-state index contributed by atoms with van der Waals surface area (Å²) in [6.45, 7) is 4.12. The highest BCUT2D eigenvalue weighted by atomic mass is 19.4. The molecule has 172 valence electrons. The average molecular weight is 450 g/mol. The number of hydrogen-bond acceptors (Lipinski definition) is 4. The number of nitrogens with zero attached hydrogens (tertiary/aromatic N) is 2. The number of carboxylic acids is 1. The van der Waals surface area contributed by atoms with E-state index in [2.05, 4.69) is 23.2 Å². The van der Waals surface area contributed by atoms with Crippen molar-refractivity contribution in [3.05, 3.63) is 53.3 Å². The first kappa shape index (κ1) is 23.4. The van der Waals surface area contributed by atoms with Gasteiger partial charge in [-0.2, -0.15) is 0 Å². The summed E-state index contributed by atoms with van der Waals surface area (Å²) >= 11 is 0. The van der Waals surface area contributed by atoms with Gasteiger partial charge in [0.2, 0.25) is 0 Å². The van der Waals surface area contributed by atoms with Crippen LogP contribution < -0.4 is 9.47 Å². The van der Waals surface area contributed by atoms with Crippen molar-refractivity contribution >= 4 is 17.0 Å². The number of rotatable bonds is 9. The first-order chi connectivity index (χ1) is 15.1. The monoisotopic (exact) mass is 450 g/mol. The number of aryl methyl sites for hydroxylation is 1. The summed E-state index contributed by atoms with van der Waals surface area (Å²) in [6.07, 6.45) is -3.17. The van der Waals surface area contributed by atoms with E-state index in [4.69, 9.17) is 14.8 Å². The molecule has 0 fully saturated rings. The van der Waals surface area contributed by atoms with Gasteiger partial charge in [-0.15, -0.1) is 13.2 Å². The lowest BCUT2D eigenvalue weighted by atomic mass is 10.1. The van der Waals surface area contributed by atoms with Crippen LogP contribution in [0.4, 0.5) is 13.2 Å². The predicted molar refractivity (Wildman–Crippen MR) is 113 cm³/mol. The number of benzene rings is 2. The third-order valence-corrected chi connectivity index (χ3v) is 5.32. The topological polar surface area (TPSA) is 73.6 Å².